The highest BCUT2D eigenvalue weighted by Crippen LogP contribution is 2.30. The zero-order chi connectivity index (χ0) is 22.0. The Hall–Kier alpha value is -0.900. The fourth-order valence-corrected chi connectivity index (χ4v) is 5.03. The van der Waals surface area contributed by atoms with Crippen molar-refractivity contribution in [3.63, 3.8) is 0 Å². The van der Waals surface area contributed by atoms with Gasteiger partial charge in [0.25, 0.3) is 0 Å². The van der Waals surface area contributed by atoms with E-state index in [0.717, 1.165) is 6.42 Å². The van der Waals surface area contributed by atoms with E-state index in [0.29, 0.717) is 13.0 Å². The van der Waals surface area contributed by atoms with Crippen molar-refractivity contribution in [3.05, 3.63) is 18.0 Å². The second kappa shape index (κ2) is 17.7. The van der Waals surface area contributed by atoms with E-state index >= 15 is 0 Å². The van der Waals surface area contributed by atoms with Gasteiger partial charge in [0, 0.05) is 22.8 Å². The van der Waals surface area contributed by atoms with Gasteiger partial charge in [-0.05, 0) is 44.9 Å². The van der Waals surface area contributed by atoms with Crippen LogP contribution in [-0.4, -0.2) is 22.9 Å². The number of hydrogen-bond donors (Lipinski definition) is 0. The van der Waals surface area contributed by atoms with E-state index in [4.69, 9.17) is 4.74 Å². The SMILES string of the molecule is CCCCCCCCCCCCSc1ccn(C(C)CC(=O)OCC)c1CCCC. The Balaban J connectivity index is 2.37. The number of thioether (sulfide) groups is 1. The minimum absolute atomic E-state index is 0.0975. The molecule has 0 saturated heterocycles. The first-order valence-electron chi connectivity index (χ1n) is 12.6. The Bertz CT molecular complexity index is 555. The smallest absolute Gasteiger partial charge is 0.307 e. The lowest BCUT2D eigenvalue weighted by Crippen LogP contribution is -2.15. The number of aromatic nitrogens is 1. The highest BCUT2D eigenvalue weighted by atomic mass is 32.2. The van der Waals surface area contributed by atoms with Crippen LogP contribution in [0.4, 0.5) is 0 Å². The molecule has 3 nitrogen and oxygen atoms in total. The number of rotatable bonds is 19. The molecule has 1 aromatic heterocycles. The molecule has 0 spiro atoms. The van der Waals surface area contributed by atoms with Gasteiger partial charge >= 0.3 is 5.97 Å². The number of nitrogens with zero attached hydrogens (tertiary/aromatic N) is 1. The van der Waals surface area contributed by atoms with E-state index in [1.54, 1.807) is 0 Å². The molecular formula is C26H47NO2S. The van der Waals surface area contributed by atoms with E-state index in [-0.39, 0.29) is 12.0 Å². The number of esters is 1. The minimum Gasteiger partial charge on any atom is -0.466 e. The molecule has 0 amide bonds. The predicted molar refractivity (Wildman–Crippen MR) is 132 cm³/mol. The third-order valence-corrected chi connectivity index (χ3v) is 6.92. The fourth-order valence-electron chi connectivity index (χ4n) is 3.93. The first-order valence-corrected chi connectivity index (χ1v) is 13.6. The van der Waals surface area contributed by atoms with Crippen LogP contribution in [0.2, 0.25) is 0 Å². The van der Waals surface area contributed by atoms with E-state index in [9.17, 15) is 4.79 Å². The Kier molecular flexibility index (Phi) is 16.1. The Labute approximate surface area is 190 Å². The van der Waals surface area contributed by atoms with Crippen LogP contribution in [0.1, 0.15) is 123 Å². The number of ether oxygens (including phenoxy) is 1. The molecule has 1 aromatic rings. The van der Waals surface area contributed by atoms with Gasteiger partial charge in [-0.25, -0.2) is 0 Å². The van der Waals surface area contributed by atoms with Gasteiger partial charge in [-0.3, -0.25) is 4.79 Å². The monoisotopic (exact) mass is 437 g/mol. The molecule has 0 radical (unpaired) electrons. The minimum atomic E-state index is -0.0975. The Morgan fingerprint density at radius 3 is 2.13 bits per heavy atom. The average Bonchev–Trinajstić information content (AvgIpc) is 3.13. The number of carbonyl (C=O) groups excluding carboxylic acids is 1. The van der Waals surface area contributed by atoms with Crippen LogP contribution in [0, 0.1) is 0 Å². The van der Waals surface area contributed by atoms with Gasteiger partial charge in [-0.1, -0.05) is 78.1 Å². The lowest BCUT2D eigenvalue weighted by atomic mass is 10.1. The molecule has 0 aliphatic carbocycles. The van der Waals surface area contributed by atoms with Crippen molar-refractivity contribution in [1.29, 1.82) is 0 Å². The highest BCUT2D eigenvalue weighted by molar-refractivity contribution is 7.99. The van der Waals surface area contributed by atoms with Crippen LogP contribution >= 0.6 is 11.8 Å². The van der Waals surface area contributed by atoms with E-state index in [1.165, 1.54) is 93.4 Å². The molecule has 0 aliphatic rings. The van der Waals surface area contributed by atoms with Crippen LogP contribution in [0.15, 0.2) is 17.2 Å². The predicted octanol–water partition coefficient (Wildman–Crippen LogP) is 8.36. The van der Waals surface area contributed by atoms with Crippen molar-refractivity contribution in [3.8, 4) is 0 Å². The largest absolute Gasteiger partial charge is 0.466 e. The molecule has 0 aromatic carbocycles. The molecule has 0 bridgehead atoms. The molecule has 4 heteroatoms. The van der Waals surface area contributed by atoms with Crippen molar-refractivity contribution in [1.82, 2.24) is 4.57 Å². The number of unbranched alkanes of at least 4 members (excludes halogenated alkanes) is 10. The third kappa shape index (κ3) is 11.5. The normalized spacial score (nSPS) is 12.3. The summed E-state index contributed by atoms with van der Waals surface area (Å²) in [6, 6.07) is 2.41. The molecule has 0 fully saturated rings. The highest BCUT2D eigenvalue weighted by Gasteiger charge is 2.17. The van der Waals surface area contributed by atoms with Crippen molar-refractivity contribution in [2.75, 3.05) is 12.4 Å². The number of carbonyl (C=O) groups is 1. The Morgan fingerprint density at radius 1 is 0.933 bits per heavy atom. The molecule has 30 heavy (non-hydrogen) atoms. The molecule has 1 heterocycles. The van der Waals surface area contributed by atoms with Gasteiger partial charge in [-0.15, -0.1) is 11.8 Å². The maximum absolute atomic E-state index is 11.9. The van der Waals surface area contributed by atoms with Crippen molar-refractivity contribution < 1.29 is 9.53 Å². The van der Waals surface area contributed by atoms with Crippen LogP contribution < -0.4 is 0 Å². The Morgan fingerprint density at radius 2 is 1.53 bits per heavy atom. The number of hydrogen-bond acceptors (Lipinski definition) is 3. The van der Waals surface area contributed by atoms with E-state index < -0.39 is 0 Å². The first-order chi connectivity index (χ1) is 14.6. The summed E-state index contributed by atoms with van der Waals surface area (Å²) in [4.78, 5) is 13.3. The second-order valence-corrected chi connectivity index (χ2v) is 9.66. The quantitative estimate of drug-likeness (QED) is 0.124. The van der Waals surface area contributed by atoms with Crippen molar-refractivity contribution in [2.45, 2.75) is 129 Å². The van der Waals surface area contributed by atoms with Gasteiger partial charge in [0.05, 0.1) is 13.0 Å². The molecular weight excluding hydrogens is 390 g/mol. The van der Waals surface area contributed by atoms with Crippen LogP contribution in [0.25, 0.3) is 0 Å². The maximum Gasteiger partial charge on any atom is 0.307 e. The van der Waals surface area contributed by atoms with Gasteiger partial charge in [0.15, 0.2) is 0 Å². The summed E-state index contributed by atoms with van der Waals surface area (Å²) in [7, 11) is 0. The topological polar surface area (TPSA) is 31.2 Å². The summed E-state index contributed by atoms with van der Waals surface area (Å²) < 4.78 is 7.46. The van der Waals surface area contributed by atoms with Crippen molar-refractivity contribution >= 4 is 17.7 Å². The zero-order valence-corrected chi connectivity index (χ0v) is 21.0. The second-order valence-electron chi connectivity index (χ2n) is 8.53. The van der Waals surface area contributed by atoms with Gasteiger partial charge < -0.3 is 9.30 Å². The molecule has 1 rings (SSSR count). The molecule has 0 N–H and O–H groups in total. The van der Waals surface area contributed by atoms with Gasteiger partial charge in [0.2, 0.25) is 0 Å². The summed E-state index contributed by atoms with van der Waals surface area (Å²) in [6.45, 7) is 8.98. The van der Waals surface area contributed by atoms with Gasteiger partial charge in [0.1, 0.15) is 0 Å². The summed E-state index contributed by atoms with van der Waals surface area (Å²) in [6.07, 6.45) is 20.0. The van der Waals surface area contributed by atoms with E-state index in [1.807, 2.05) is 18.7 Å². The van der Waals surface area contributed by atoms with Crippen molar-refractivity contribution in [2.24, 2.45) is 0 Å². The molecule has 0 aliphatic heterocycles. The first kappa shape index (κ1) is 27.1. The summed E-state index contributed by atoms with van der Waals surface area (Å²) in [5.74, 6) is 1.10. The molecule has 1 unspecified atom stereocenters. The van der Waals surface area contributed by atoms with Crippen LogP contribution in [0.3, 0.4) is 0 Å². The van der Waals surface area contributed by atoms with Crippen LogP contribution in [0.5, 0.6) is 0 Å². The summed E-state index contributed by atoms with van der Waals surface area (Å²) >= 11 is 2.01. The molecule has 0 saturated carbocycles. The van der Waals surface area contributed by atoms with Crippen LogP contribution in [-0.2, 0) is 16.0 Å². The standard InChI is InChI=1S/C26H47NO2S/c1-5-8-10-11-12-13-14-15-16-17-21-30-25-19-20-27(24(25)18-9-6-2)23(4)22-26(28)29-7-3/h19-20,23H,5-18,21-22H2,1-4H3. The van der Waals surface area contributed by atoms with E-state index in [2.05, 4.69) is 37.6 Å². The van der Waals surface area contributed by atoms with Gasteiger partial charge in [-0.2, -0.15) is 0 Å². The lowest BCUT2D eigenvalue weighted by molar-refractivity contribution is -0.143. The molecule has 1 atom stereocenters. The third-order valence-electron chi connectivity index (χ3n) is 5.75. The summed E-state index contributed by atoms with van der Waals surface area (Å²) in [5, 5.41) is 0. The summed E-state index contributed by atoms with van der Waals surface area (Å²) in [5.41, 5.74) is 1.41. The lowest BCUT2D eigenvalue weighted by Gasteiger charge is -2.18. The average molecular weight is 438 g/mol. The molecule has 174 valence electrons. The fraction of sp³-hybridized carbons (Fsp3) is 0.808. The zero-order valence-electron chi connectivity index (χ0n) is 20.2. The maximum atomic E-state index is 11.9.